The molecule has 0 heterocycles. The normalized spacial score (nSPS) is 11.7. The van der Waals surface area contributed by atoms with E-state index in [-0.39, 0.29) is 13.2 Å². The van der Waals surface area contributed by atoms with Gasteiger partial charge in [-0.05, 0) is 11.6 Å². The summed E-state index contributed by atoms with van der Waals surface area (Å²) >= 11 is 1.55. The van der Waals surface area contributed by atoms with Crippen LogP contribution in [-0.4, -0.2) is 40.4 Å². The predicted octanol–water partition coefficient (Wildman–Crippen LogP) is 0.617. The van der Waals surface area contributed by atoms with Gasteiger partial charge in [0.05, 0.1) is 12.7 Å². The standard InChI is InChI=1S/C13H16O3S/c14-7-3-6-11-4-1-2-5-12(11)9-17-10-13(16)8-15/h1-2,4-5,13-16H,7-10H2. The van der Waals surface area contributed by atoms with Crippen LogP contribution in [0.3, 0.4) is 0 Å². The Bertz CT molecular complexity index is 395. The van der Waals surface area contributed by atoms with Gasteiger partial charge in [0, 0.05) is 17.1 Å². The monoisotopic (exact) mass is 252 g/mol. The third-order valence-electron chi connectivity index (χ3n) is 2.10. The average molecular weight is 252 g/mol. The van der Waals surface area contributed by atoms with Crippen LogP contribution in [0.2, 0.25) is 0 Å². The molecule has 1 aromatic rings. The zero-order valence-corrected chi connectivity index (χ0v) is 10.3. The minimum absolute atomic E-state index is 0.148. The summed E-state index contributed by atoms with van der Waals surface area (Å²) in [6.45, 7) is -0.357. The molecular weight excluding hydrogens is 236 g/mol. The van der Waals surface area contributed by atoms with Gasteiger partial charge in [-0.1, -0.05) is 30.0 Å². The molecule has 0 bridgehead atoms. The van der Waals surface area contributed by atoms with Crippen molar-refractivity contribution in [3.63, 3.8) is 0 Å². The molecule has 0 saturated heterocycles. The van der Waals surface area contributed by atoms with Gasteiger partial charge >= 0.3 is 0 Å². The lowest BCUT2D eigenvalue weighted by molar-refractivity contribution is 0.113. The van der Waals surface area contributed by atoms with E-state index in [1.807, 2.05) is 24.3 Å². The van der Waals surface area contributed by atoms with Crippen molar-refractivity contribution in [3.05, 3.63) is 35.4 Å². The van der Waals surface area contributed by atoms with Crippen LogP contribution >= 0.6 is 11.8 Å². The molecular formula is C13H16O3S. The zero-order valence-electron chi connectivity index (χ0n) is 9.47. The van der Waals surface area contributed by atoms with Crippen molar-refractivity contribution in [2.75, 3.05) is 19.0 Å². The fourth-order valence-corrected chi connectivity index (χ4v) is 2.23. The van der Waals surface area contributed by atoms with Gasteiger partial charge in [0.25, 0.3) is 0 Å². The smallest absolute Gasteiger partial charge is 0.104 e. The highest BCUT2D eigenvalue weighted by atomic mass is 32.2. The number of thioether (sulfide) groups is 1. The highest BCUT2D eigenvalue weighted by molar-refractivity contribution is 7.98. The van der Waals surface area contributed by atoms with Gasteiger partial charge in [-0.15, -0.1) is 0 Å². The lowest BCUT2D eigenvalue weighted by atomic mass is 10.1. The minimum atomic E-state index is -0.671. The van der Waals surface area contributed by atoms with E-state index < -0.39 is 6.10 Å². The van der Waals surface area contributed by atoms with Gasteiger partial charge in [-0.2, -0.15) is 11.8 Å². The molecule has 1 unspecified atom stereocenters. The predicted molar refractivity (Wildman–Crippen MR) is 69.7 cm³/mol. The lowest BCUT2D eigenvalue weighted by Crippen LogP contribution is -2.14. The average Bonchev–Trinajstić information content (AvgIpc) is 2.37. The molecule has 0 aliphatic carbocycles. The molecule has 0 aromatic heterocycles. The van der Waals surface area contributed by atoms with Crippen LogP contribution < -0.4 is 0 Å². The molecule has 4 heteroatoms. The number of aliphatic hydroxyl groups excluding tert-OH is 3. The van der Waals surface area contributed by atoms with Gasteiger partial charge in [-0.25, -0.2) is 0 Å². The molecule has 1 aromatic carbocycles. The highest BCUT2D eigenvalue weighted by Crippen LogP contribution is 2.16. The van der Waals surface area contributed by atoms with E-state index in [4.69, 9.17) is 10.2 Å². The van der Waals surface area contributed by atoms with Crippen LogP contribution in [0.5, 0.6) is 0 Å². The number of hydrogen-bond donors (Lipinski definition) is 3. The summed E-state index contributed by atoms with van der Waals surface area (Å²) in [5.41, 5.74) is 1.97. The van der Waals surface area contributed by atoms with Crippen LogP contribution in [0.25, 0.3) is 0 Å². The first-order chi connectivity index (χ1) is 8.27. The molecule has 0 fully saturated rings. The Balaban J connectivity index is 2.58. The molecule has 0 amide bonds. The quantitative estimate of drug-likeness (QED) is 0.672. The van der Waals surface area contributed by atoms with E-state index in [0.29, 0.717) is 5.75 Å². The first-order valence-electron chi connectivity index (χ1n) is 5.32. The second-order valence-corrected chi connectivity index (χ2v) is 4.50. The van der Waals surface area contributed by atoms with Crippen LogP contribution in [0.15, 0.2) is 24.3 Å². The second-order valence-electron chi connectivity index (χ2n) is 3.47. The van der Waals surface area contributed by atoms with Crippen LogP contribution in [0, 0.1) is 11.8 Å². The molecule has 0 aliphatic heterocycles. The van der Waals surface area contributed by atoms with Crippen LogP contribution in [-0.2, 0) is 5.75 Å². The van der Waals surface area contributed by atoms with Gasteiger partial charge in [-0.3, -0.25) is 0 Å². The second kappa shape index (κ2) is 8.15. The minimum Gasteiger partial charge on any atom is -0.394 e. The van der Waals surface area contributed by atoms with Crippen LogP contribution in [0.1, 0.15) is 11.1 Å². The van der Waals surface area contributed by atoms with Gasteiger partial charge in [0.1, 0.15) is 6.61 Å². The van der Waals surface area contributed by atoms with Crippen molar-refractivity contribution in [3.8, 4) is 11.8 Å². The molecule has 1 atom stereocenters. The van der Waals surface area contributed by atoms with Crippen molar-refractivity contribution < 1.29 is 15.3 Å². The topological polar surface area (TPSA) is 60.7 Å². The number of hydrogen-bond acceptors (Lipinski definition) is 4. The van der Waals surface area contributed by atoms with Gasteiger partial charge < -0.3 is 15.3 Å². The Morgan fingerprint density at radius 2 is 2.00 bits per heavy atom. The van der Waals surface area contributed by atoms with Crippen molar-refractivity contribution in [1.29, 1.82) is 0 Å². The molecule has 3 N–H and O–H groups in total. The molecule has 0 spiro atoms. The molecule has 17 heavy (non-hydrogen) atoms. The lowest BCUT2D eigenvalue weighted by Gasteiger charge is -2.07. The SMILES string of the molecule is OCC#Cc1ccccc1CSCC(O)CO. The molecule has 0 aliphatic rings. The summed E-state index contributed by atoms with van der Waals surface area (Å²) in [6, 6.07) is 7.71. The van der Waals surface area contributed by atoms with E-state index in [2.05, 4.69) is 11.8 Å². The fourth-order valence-electron chi connectivity index (χ4n) is 1.26. The number of aliphatic hydroxyl groups is 3. The number of benzene rings is 1. The van der Waals surface area contributed by atoms with Gasteiger partial charge in [0.2, 0.25) is 0 Å². The summed E-state index contributed by atoms with van der Waals surface area (Å²) in [5.74, 6) is 6.74. The maximum Gasteiger partial charge on any atom is 0.104 e. The van der Waals surface area contributed by atoms with E-state index in [0.717, 1.165) is 16.9 Å². The third kappa shape index (κ3) is 5.24. The third-order valence-corrected chi connectivity index (χ3v) is 3.23. The summed E-state index contributed by atoms with van der Waals surface area (Å²) in [4.78, 5) is 0. The Hall–Kier alpha value is -0.990. The number of rotatable bonds is 5. The van der Waals surface area contributed by atoms with E-state index >= 15 is 0 Å². The Morgan fingerprint density at radius 3 is 2.71 bits per heavy atom. The highest BCUT2D eigenvalue weighted by Gasteiger charge is 2.04. The van der Waals surface area contributed by atoms with Crippen LogP contribution in [0.4, 0.5) is 0 Å². The Morgan fingerprint density at radius 1 is 1.24 bits per heavy atom. The first-order valence-corrected chi connectivity index (χ1v) is 6.47. The maximum absolute atomic E-state index is 9.21. The fraction of sp³-hybridized carbons (Fsp3) is 0.385. The first kappa shape index (κ1) is 14.1. The van der Waals surface area contributed by atoms with Crippen molar-refractivity contribution in [2.45, 2.75) is 11.9 Å². The van der Waals surface area contributed by atoms with Crippen molar-refractivity contribution >= 4 is 11.8 Å². The molecule has 0 saturated carbocycles. The Kier molecular flexibility index (Phi) is 6.75. The maximum atomic E-state index is 9.21. The van der Waals surface area contributed by atoms with Gasteiger partial charge in [0.15, 0.2) is 0 Å². The summed E-state index contributed by atoms with van der Waals surface area (Å²) < 4.78 is 0. The molecule has 1 rings (SSSR count). The Labute approximate surface area is 105 Å². The molecule has 92 valence electrons. The largest absolute Gasteiger partial charge is 0.394 e. The van der Waals surface area contributed by atoms with E-state index in [1.165, 1.54) is 0 Å². The van der Waals surface area contributed by atoms with Crippen molar-refractivity contribution in [1.82, 2.24) is 0 Å². The summed E-state index contributed by atoms with van der Waals surface area (Å²) in [6.07, 6.45) is -0.671. The van der Waals surface area contributed by atoms with Crippen molar-refractivity contribution in [2.24, 2.45) is 0 Å². The van der Waals surface area contributed by atoms with E-state index in [9.17, 15) is 5.11 Å². The summed E-state index contributed by atoms with van der Waals surface area (Å²) in [7, 11) is 0. The van der Waals surface area contributed by atoms with E-state index in [1.54, 1.807) is 11.8 Å². The molecule has 0 radical (unpaired) electrons. The summed E-state index contributed by atoms with van der Waals surface area (Å²) in [5, 5.41) is 26.6. The zero-order chi connectivity index (χ0) is 12.5. The molecule has 3 nitrogen and oxygen atoms in total.